The number of aliphatic hydroxyl groups excluding tert-OH is 3. The van der Waals surface area contributed by atoms with Gasteiger partial charge in [0, 0.05) is 23.5 Å². The zero-order valence-electron chi connectivity index (χ0n) is 28.7. The number of pyridine rings is 2. The Balaban J connectivity index is 0.000000184. The van der Waals surface area contributed by atoms with Crippen LogP contribution in [0.15, 0.2) is 97.8 Å². The van der Waals surface area contributed by atoms with Gasteiger partial charge in [-0.2, -0.15) is 0 Å². The summed E-state index contributed by atoms with van der Waals surface area (Å²) < 4.78 is 42.8. The van der Waals surface area contributed by atoms with E-state index < -0.39 is 55.8 Å². The van der Waals surface area contributed by atoms with E-state index in [4.69, 9.17) is 9.47 Å². The molecule has 8 atom stereocenters. The molecule has 17 heteroatoms. The second-order valence-corrected chi connectivity index (χ2v) is 12.6. The minimum atomic E-state index is -1.75. The number of hydrogen-bond donors (Lipinski definition) is 5. The van der Waals surface area contributed by atoms with Crippen LogP contribution in [0.25, 0.3) is 22.3 Å². The van der Waals surface area contributed by atoms with Gasteiger partial charge < -0.3 is 35.4 Å². The molecule has 5 N–H and O–H groups in total. The molecular weight excluding hydrogens is 718 g/mol. The van der Waals surface area contributed by atoms with E-state index in [1.54, 1.807) is 60.7 Å². The SMILES string of the molecule is C.CC[C@H]1O[C@@H](n2cnc3c(NC(=O)c4ccccc4)ccnc32)[C@@H](F)[C@@H]1O.O=C(Nc1ccnc2c1ncn2[C@@H]1O[C@H](CO)[C@@H](O)[C@@H]1F)c1ccccc1. The number of carbonyl (C=O) groups is 2. The number of aromatic nitrogens is 6. The zero-order valence-corrected chi connectivity index (χ0v) is 28.7. The van der Waals surface area contributed by atoms with Crippen LogP contribution in [-0.4, -0.2) is 99.6 Å². The molecule has 0 unspecified atom stereocenters. The molecule has 6 heterocycles. The van der Waals surface area contributed by atoms with Gasteiger partial charge in [-0.05, 0) is 42.8 Å². The number of nitrogens with one attached hydrogen (secondary N) is 2. The first-order chi connectivity index (χ1) is 26.2. The third kappa shape index (κ3) is 7.65. The summed E-state index contributed by atoms with van der Waals surface area (Å²) in [5, 5.41) is 34.6. The average Bonchev–Trinajstić information content (AvgIpc) is 3.97. The van der Waals surface area contributed by atoms with Crippen LogP contribution in [0.1, 0.15) is 53.9 Å². The number of aliphatic hydroxyl groups is 3. The van der Waals surface area contributed by atoms with Crippen molar-refractivity contribution in [3.63, 3.8) is 0 Å². The molecule has 0 saturated carbocycles. The molecule has 2 amide bonds. The highest BCUT2D eigenvalue weighted by atomic mass is 19.1. The lowest BCUT2D eigenvalue weighted by Crippen LogP contribution is -2.30. The molecule has 0 aliphatic carbocycles. The normalized spacial score (nSPS) is 24.5. The van der Waals surface area contributed by atoms with E-state index in [0.29, 0.717) is 51.3 Å². The monoisotopic (exact) mass is 758 g/mol. The largest absolute Gasteiger partial charge is 0.394 e. The van der Waals surface area contributed by atoms with Gasteiger partial charge in [0.15, 0.2) is 36.1 Å². The van der Waals surface area contributed by atoms with E-state index in [1.807, 2.05) is 19.1 Å². The molecule has 0 spiro atoms. The number of fused-ring (bicyclic) bond motifs is 2. The Morgan fingerprint density at radius 2 is 1.11 bits per heavy atom. The summed E-state index contributed by atoms with van der Waals surface area (Å²) in [6, 6.07) is 20.7. The Morgan fingerprint density at radius 3 is 1.49 bits per heavy atom. The molecule has 8 rings (SSSR count). The van der Waals surface area contributed by atoms with Crippen molar-refractivity contribution in [1.29, 1.82) is 0 Å². The highest BCUT2D eigenvalue weighted by Crippen LogP contribution is 2.36. The van der Waals surface area contributed by atoms with Gasteiger partial charge in [-0.15, -0.1) is 0 Å². The van der Waals surface area contributed by atoms with Crippen LogP contribution < -0.4 is 10.6 Å². The molecule has 4 aromatic heterocycles. The molecule has 2 aliphatic rings. The van der Waals surface area contributed by atoms with Crippen molar-refractivity contribution in [3.05, 3.63) is 109 Å². The van der Waals surface area contributed by atoms with Crippen LogP contribution in [-0.2, 0) is 9.47 Å². The highest BCUT2D eigenvalue weighted by Gasteiger charge is 2.46. The highest BCUT2D eigenvalue weighted by molar-refractivity contribution is 6.08. The first-order valence-corrected chi connectivity index (χ1v) is 17.1. The second kappa shape index (κ2) is 16.7. The lowest BCUT2D eigenvalue weighted by Gasteiger charge is -2.15. The number of anilines is 2. The summed E-state index contributed by atoms with van der Waals surface area (Å²) in [6.45, 7) is 1.32. The fraction of sp³-hybridized carbons (Fsp3) is 0.316. The van der Waals surface area contributed by atoms with Gasteiger partial charge in [-0.25, -0.2) is 28.7 Å². The zero-order chi connectivity index (χ0) is 37.9. The molecule has 0 radical (unpaired) electrons. The standard InChI is InChI=1S/C19H19FN4O3.C18H17FN4O4.CH4/c1-2-13-16(25)14(20)19(27-13)24-10-22-15-12(8-9-21-17(15)24)23-18(26)11-6-4-3-5-7-11;19-13-15(25)12(8-24)27-18(13)23-9-21-14-11(6-7-20-16(14)23)22-17(26)10-4-2-1-3-5-10;/h3-10,13-14,16,19,25H,2H2,1H3,(H,21,23,26);1-7,9,12-13,15,18,24-25H,8H2,(H,20,22,26);1H4/t13-,14+,16-,19-;12-,13+,15-,18-;/m11./s1. The van der Waals surface area contributed by atoms with Crippen molar-refractivity contribution in [1.82, 2.24) is 29.1 Å². The fourth-order valence-corrected chi connectivity index (χ4v) is 6.35. The van der Waals surface area contributed by atoms with Crippen molar-refractivity contribution in [2.24, 2.45) is 0 Å². The number of rotatable bonds is 8. The van der Waals surface area contributed by atoms with E-state index in [-0.39, 0.29) is 19.2 Å². The predicted molar refractivity (Wildman–Crippen MR) is 198 cm³/mol. The quantitative estimate of drug-likeness (QED) is 0.145. The van der Waals surface area contributed by atoms with E-state index in [1.165, 1.54) is 34.2 Å². The maximum Gasteiger partial charge on any atom is 0.255 e. The summed E-state index contributed by atoms with van der Waals surface area (Å²) in [4.78, 5) is 41.7. The van der Waals surface area contributed by atoms with Gasteiger partial charge in [0.2, 0.25) is 0 Å². The fourth-order valence-electron chi connectivity index (χ4n) is 6.35. The summed E-state index contributed by atoms with van der Waals surface area (Å²) >= 11 is 0. The summed E-state index contributed by atoms with van der Waals surface area (Å²) in [6.07, 6.45) is -3.55. The number of benzene rings is 2. The number of ether oxygens (including phenoxy) is 2. The molecule has 2 aromatic carbocycles. The van der Waals surface area contributed by atoms with Gasteiger partial charge in [0.05, 0.1) is 36.7 Å². The first-order valence-electron chi connectivity index (χ1n) is 17.1. The maximum atomic E-state index is 14.5. The van der Waals surface area contributed by atoms with Gasteiger partial charge in [-0.1, -0.05) is 50.7 Å². The van der Waals surface area contributed by atoms with Crippen molar-refractivity contribution < 1.29 is 43.2 Å². The van der Waals surface area contributed by atoms with Crippen LogP contribution in [0.4, 0.5) is 20.2 Å². The number of hydrogen-bond acceptors (Lipinski definition) is 11. The van der Waals surface area contributed by atoms with Crippen LogP contribution in [0.5, 0.6) is 0 Å². The first kappa shape index (κ1) is 39.0. The molecular formula is C38H40F2N8O7. The number of nitrogens with zero attached hydrogens (tertiary/aromatic N) is 6. The molecule has 2 saturated heterocycles. The average molecular weight is 759 g/mol. The van der Waals surface area contributed by atoms with Crippen LogP contribution in [0, 0.1) is 0 Å². The van der Waals surface area contributed by atoms with Gasteiger partial charge in [-0.3, -0.25) is 18.7 Å². The van der Waals surface area contributed by atoms with E-state index in [9.17, 15) is 33.7 Å². The summed E-state index contributed by atoms with van der Waals surface area (Å²) in [5.74, 6) is -0.589. The maximum absolute atomic E-state index is 14.5. The Kier molecular flexibility index (Phi) is 11.9. The van der Waals surface area contributed by atoms with E-state index in [2.05, 4.69) is 30.6 Å². The molecule has 288 valence electrons. The number of halogens is 2. The van der Waals surface area contributed by atoms with Crippen LogP contribution >= 0.6 is 0 Å². The Morgan fingerprint density at radius 1 is 0.691 bits per heavy atom. The minimum Gasteiger partial charge on any atom is -0.394 e. The number of carbonyl (C=O) groups excluding carboxylic acids is 2. The smallest absolute Gasteiger partial charge is 0.255 e. The van der Waals surface area contributed by atoms with Gasteiger partial charge >= 0.3 is 0 Å². The Bertz CT molecular complexity index is 2080. The van der Waals surface area contributed by atoms with Gasteiger partial charge in [0.25, 0.3) is 11.8 Å². The predicted octanol–water partition coefficient (Wildman–Crippen LogP) is 4.60. The molecule has 2 fully saturated rings. The molecule has 2 aliphatic heterocycles. The molecule has 55 heavy (non-hydrogen) atoms. The number of alkyl halides is 2. The Hall–Kier alpha value is -5.72. The van der Waals surface area contributed by atoms with Crippen LogP contribution in [0.3, 0.4) is 0 Å². The third-order valence-electron chi connectivity index (χ3n) is 9.21. The topological polar surface area (TPSA) is 199 Å². The lowest BCUT2D eigenvalue weighted by molar-refractivity contribution is -0.0459. The van der Waals surface area contributed by atoms with Crippen molar-refractivity contribution >= 4 is 45.5 Å². The minimum absolute atomic E-state index is 0. The van der Waals surface area contributed by atoms with E-state index >= 15 is 0 Å². The van der Waals surface area contributed by atoms with Crippen molar-refractivity contribution in [3.8, 4) is 0 Å². The van der Waals surface area contributed by atoms with Gasteiger partial charge in [0.1, 0.15) is 29.3 Å². The summed E-state index contributed by atoms with van der Waals surface area (Å²) in [7, 11) is 0. The third-order valence-corrected chi connectivity index (χ3v) is 9.21. The van der Waals surface area contributed by atoms with E-state index in [0.717, 1.165) is 0 Å². The Labute approximate surface area is 313 Å². The van der Waals surface area contributed by atoms with Crippen molar-refractivity contribution in [2.75, 3.05) is 17.2 Å². The summed E-state index contributed by atoms with van der Waals surface area (Å²) in [5.41, 5.74) is 3.33. The molecule has 6 aromatic rings. The molecule has 15 nitrogen and oxygen atoms in total. The number of amides is 2. The molecule has 0 bridgehead atoms. The second-order valence-electron chi connectivity index (χ2n) is 12.6. The van der Waals surface area contributed by atoms with Crippen molar-refractivity contribution in [2.45, 2.75) is 70.0 Å². The number of imidazole rings is 2. The lowest BCUT2D eigenvalue weighted by atomic mass is 10.1. The van der Waals surface area contributed by atoms with Crippen LogP contribution in [0.2, 0.25) is 0 Å².